The quantitative estimate of drug-likeness (QED) is 0.0934. The van der Waals surface area contributed by atoms with Crippen LogP contribution in [-0.2, 0) is 14.3 Å². The number of hydrogen-bond donors (Lipinski definition) is 0. The van der Waals surface area contributed by atoms with Crippen molar-refractivity contribution in [1.82, 2.24) is 4.98 Å². The maximum Gasteiger partial charge on any atom is 0.339 e. The van der Waals surface area contributed by atoms with Gasteiger partial charge in [0, 0.05) is 31.2 Å². The van der Waals surface area contributed by atoms with Crippen molar-refractivity contribution < 1.29 is 23.9 Å². The minimum Gasteiger partial charge on any atom is -0.454 e. The number of benzene rings is 3. The molecule has 43 heavy (non-hydrogen) atoms. The van der Waals surface area contributed by atoms with Crippen LogP contribution in [0.3, 0.4) is 0 Å². The Hall–Kier alpha value is -3.40. The van der Waals surface area contributed by atoms with Crippen LogP contribution in [0.1, 0.15) is 27.1 Å². The molecule has 7 rings (SSSR count). The van der Waals surface area contributed by atoms with Crippen LogP contribution in [0.15, 0.2) is 78.9 Å². The molecule has 0 radical (unpaired) electrons. The summed E-state index contributed by atoms with van der Waals surface area (Å²) in [4.78, 5) is 59.1. The second-order valence-electron chi connectivity index (χ2n) is 11.1. The number of pyridine rings is 1. The first kappa shape index (κ1) is 28.4. The number of Topliss-reactive ketones (excluding diaryl/α,β-unsaturated/α-hetero) is 1. The van der Waals surface area contributed by atoms with Crippen molar-refractivity contribution in [2.45, 2.75) is 16.1 Å². The molecule has 0 N–H and O–H groups in total. The summed E-state index contributed by atoms with van der Waals surface area (Å²) in [6.07, 6.45) is 0.874. The normalized spacial score (nSPS) is 25.8. The summed E-state index contributed by atoms with van der Waals surface area (Å²) in [5.41, 5.74) is 2.98. The van der Waals surface area contributed by atoms with Gasteiger partial charge in [0.1, 0.15) is 0 Å². The Morgan fingerprint density at radius 3 is 2.16 bits per heavy atom. The van der Waals surface area contributed by atoms with E-state index >= 15 is 0 Å². The Labute approximate surface area is 268 Å². The van der Waals surface area contributed by atoms with E-state index < -0.39 is 12.6 Å². The van der Waals surface area contributed by atoms with E-state index in [0.29, 0.717) is 38.4 Å². The highest BCUT2D eigenvalue weighted by Gasteiger charge is 2.66. The minimum absolute atomic E-state index is 0.138. The maximum atomic E-state index is 13.5. The molecule has 2 heterocycles. The highest BCUT2D eigenvalue weighted by atomic mass is 79.9. The van der Waals surface area contributed by atoms with E-state index in [1.807, 2.05) is 6.07 Å². The second-order valence-corrected chi connectivity index (χ2v) is 13.7. The molecular weight excluding hydrogens is 700 g/mol. The average Bonchev–Trinajstić information content (AvgIpc) is 3.64. The molecule has 3 fully saturated rings. The summed E-state index contributed by atoms with van der Waals surface area (Å²) < 4.78 is 5.42. The molecule has 4 aromatic rings. The lowest BCUT2D eigenvalue weighted by molar-refractivity contribution is -0.123. The van der Waals surface area contributed by atoms with Gasteiger partial charge in [0.25, 0.3) is 0 Å². The van der Waals surface area contributed by atoms with E-state index in [0.717, 1.165) is 6.42 Å². The van der Waals surface area contributed by atoms with Crippen LogP contribution in [0, 0.1) is 23.7 Å². The summed E-state index contributed by atoms with van der Waals surface area (Å²) >= 11 is 13.4. The number of imide groups is 1. The van der Waals surface area contributed by atoms with Crippen LogP contribution in [0.25, 0.3) is 22.2 Å². The fourth-order valence-corrected chi connectivity index (χ4v) is 8.80. The summed E-state index contributed by atoms with van der Waals surface area (Å²) in [5.74, 6) is -1.58. The Morgan fingerprint density at radius 1 is 0.884 bits per heavy atom. The molecule has 1 saturated heterocycles. The zero-order valence-corrected chi connectivity index (χ0v) is 26.4. The van der Waals surface area contributed by atoms with Crippen LogP contribution in [0.2, 0.25) is 5.02 Å². The van der Waals surface area contributed by atoms with E-state index in [1.54, 1.807) is 72.8 Å². The van der Waals surface area contributed by atoms with Gasteiger partial charge in [-0.3, -0.25) is 19.3 Å². The highest BCUT2D eigenvalue weighted by molar-refractivity contribution is 9.12. The van der Waals surface area contributed by atoms with Crippen LogP contribution >= 0.6 is 43.5 Å². The van der Waals surface area contributed by atoms with E-state index in [1.165, 1.54) is 4.90 Å². The van der Waals surface area contributed by atoms with E-state index in [4.69, 9.17) is 21.3 Å². The molecule has 1 aromatic heterocycles. The molecule has 3 aromatic carbocycles. The number of amides is 2. The zero-order chi connectivity index (χ0) is 30.0. The predicted octanol–water partition coefficient (Wildman–Crippen LogP) is 6.88. The van der Waals surface area contributed by atoms with Gasteiger partial charge in [0.05, 0.1) is 34.3 Å². The molecule has 10 heteroatoms. The van der Waals surface area contributed by atoms with Crippen molar-refractivity contribution in [1.29, 1.82) is 0 Å². The van der Waals surface area contributed by atoms with Crippen LogP contribution in [0.4, 0.5) is 5.69 Å². The third-order valence-electron chi connectivity index (χ3n) is 8.85. The third kappa shape index (κ3) is 4.73. The molecule has 6 atom stereocenters. The second kappa shape index (κ2) is 10.9. The Kier molecular flexibility index (Phi) is 7.22. The summed E-state index contributed by atoms with van der Waals surface area (Å²) in [6, 6.07) is 22.3. The summed E-state index contributed by atoms with van der Waals surface area (Å²) in [6.45, 7) is -0.422. The number of aromatic nitrogens is 1. The van der Waals surface area contributed by atoms with E-state index in [2.05, 4.69) is 31.9 Å². The third-order valence-corrected chi connectivity index (χ3v) is 12.3. The van der Waals surface area contributed by atoms with E-state index in [-0.39, 0.29) is 56.5 Å². The molecule has 1 aliphatic heterocycles. The largest absolute Gasteiger partial charge is 0.454 e. The number of anilines is 1. The Morgan fingerprint density at radius 2 is 1.51 bits per heavy atom. The van der Waals surface area contributed by atoms with Crippen LogP contribution in [-0.4, -0.2) is 44.8 Å². The topological polar surface area (TPSA) is 93.6 Å². The van der Waals surface area contributed by atoms with Gasteiger partial charge in [0.2, 0.25) is 11.8 Å². The van der Waals surface area contributed by atoms with Gasteiger partial charge < -0.3 is 4.74 Å². The Bertz CT molecular complexity index is 1780. The number of halogens is 3. The number of para-hydroxylation sites is 1. The number of fused-ring (bicyclic) bond motifs is 6. The molecule has 7 nitrogen and oxygen atoms in total. The minimum atomic E-state index is -0.650. The molecule has 2 aliphatic carbocycles. The first-order valence-corrected chi connectivity index (χ1v) is 16.1. The molecule has 3 aliphatic rings. The monoisotopic (exact) mass is 720 g/mol. The van der Waals surface area contributed by atoms with Gasteiger partial charge in [0.15, 0.2) is 12.4 Å². The smallest absolute Gasteiger partial charge is 0.339 e. The predicted molar refractivity (Wildman–Crippen MR) is 170 cm³/mol. The number of nitrogens with zero attached hydrogens (tertiary/aromatic N) is 2. The fourth-order valence-electron chi connectivity index (χ4n) is 6.80. The van der Waals surface area contributed by atoms with Gasteiger partial charge in [-0.05, 0) is 66.8 Å². The molecule has 2 bridgehead atoms. The number of ketones is 1. The summed E-state index contributed by atoms with van der Waals surface area (Å²) in [5, 5.41) is 1.10. The first-order chi connectivity index (χ1) is 20.7. The van der Waals surface area contributed by atoms with Crippen molar-refractivity contribution in [2.24, 2.45) is 23.7 Å². The summed E-state index contributed by atoms with van der Waals surface area (Å²) in [7, 11) is 0. The van der Waals surface area contributed by atoms with Gasteiger partial charge in [-0.15, -0.1) is 0 Å². The molecule has 216 valence electrons. The Balaban J connectivity index is 1.14. The van der Waals surface area contributed by atoms with Gasteiger partial charge >= 0.3 is 5.97 Å². The fraction of sp³-hybridized carbons (Fsp3) is 0.242. The van der Waals surface area contributed by atoms with Gasteiger partial charge in [-0.1, -0.05) is 73.8 Å². The van der Waals surface area contributed by atoms with E-state index in [9.17, 15) is 19.2 Å². The number of alkyl halides is 2. The van der Waals surface area contributed by atoms with Crippen molar-refractivity contribution in [3.8, 4) is 11.3 Å². The lowest BCUT2D eigenvalue weighted by atomic mass is 9.81. The number of esters is 1. The van der Waals surface area contributed by atoms with Crippen molar-refractivity contribution in [3.63, 3.8) is 0 Å². The van der Waals surface area contributed by atoms with Gasteiger partial charge in [-0.2, -0.15) is 0 Å². The number of carbonyl (C=O) groups excluding carboxylic acids is 4. The lowest BCUT2D eigenvalue weighted by Crippen LogP contribution is -2.37. The molecule has 6 unspecified atom stereocenters. The number of rotatable bonds is 6. The molecular formula is C33H23Br2ClN2O5. The van der Waals surface area contributed by atoms with Crippen LogP contribution in [0.5, 0.6) is 0 Å². The lowest BCUT2D eigenvalue weighted by Gasteiger charge is -2.28. The molecule has 2 amide bonds. The number of ether oxygens (including phenoxy) is 1. The highest BCUT2D eigenvalue weighted by Crippen LogP contribution is 2.60. The SMILES string of the molecule is O=C(COC(=O)c1cc(-c2ccc(N3C(=O)C4C5CC(C(Br)C5Br)C4C3=O)cc2)nc2ccccc12)c1ccc(Cl)cc1. The first-order valence-electron chi connectivity index (χ1n) is 13.8. The standard InChI is InChI=1S/C33H23Br2ClN2O5/c34-29-22-13-23(30(29)35)28-27(22)31(40)38(32(28)41)19-11-7-16(8-12-19)25-14-21(20-3-1-2-4-24(20)37-25)33(42)43-15-26(39)17-5-9-18(36)10-6-17/h1-12,14,22-23,27-30H,13,15H2. The molecule has 2 saturated carbocycles. The number of hydrogen-bond acceptors (Lipinski definition) is 6. The number of carbonyl (C=O) groups is 4. The molecule has 0 spiro atoms. The van der Waals surface area contributed by atoms with Crippen molar-refractivity contribution in [3.05, 3.63) is 95.0 Å². The average molecular weight is 723 g/mol. The maximum absolute atomic E-state index is 13.5. The van der Waals surface area contributed by atoms with Gasteiger partial charge in [-0.25, -0.2) is 9.78 Å². The van der Waals surface area contributed by atoms with Crippen molar-refractivity contribution >= 4 is 83.6 Å². The van der Waals surface area contributed by atoms with Crippen molar-refractivity contribution in [2.75, 3.05) is 11.5 Å². The van der Waals surface area contributed by atoms with Crippen LogP contribution < -0.4 is 4.90 Å². The zero-order valence-electron chi connectivity index (χ0n) is 22.5.